The molecule has 0 amide bonds. The summed E-state index contributed by atoms with van der Waals surface area (Å²) >= 11 is 0. The minimum absolute atomic E-state index is 0.415. The average Bonchev–Trinajstić information content (AvgIpc) is 2.49. The Labute approximate surface area is 131 Å². The van der Waals surface area contributed by atoms with Crippen molar-refractivity contribution in [3.05, 3.63) is 0 Å². The smallest absolute Gasteiger partial charge is 0.0110 e. The Morgan fingerprint density at radius 1 is 1.05 bits per heavy atom. The molecule has 0 unspecified atom stereocenters. The van der Waals surface area contributed by atoms with Crippen LogP contribution < -0.4 is 5.73 Å². The van der Waals surface area contributed by atoms with Gasteiger partial charge in [-0.25, -0.2) is 0 Å². The average molecular weight is 297 g/mol. The zero-order valence-electron chi connectivity index (χ0n) is 14.5. The highest BCUT2D eigenvalue weighted by atomic mass is 15.3. The van der Waals surface area contributed by atoms with Crippen LogP contribution in [0.5, 0.6) is 0 Å². The summed E-state index contributed by atoms with van der Waals surface area (Å²) < 4.78 is 0. The normalized spacial score (nSPS) is 32.7. The van der Waals surface area contributed by atoms with Crippen molar-refractivity contribution >= 4 is 0 Å². The number of nitrogens with zero attached hydrogens (tertiary/aromatic N) is 3. The summed E-state index contributed by atoms with van der Waals surface area (Å²) in [4.78, 5) is 7.56. The van der Waals surface area contributed by atoms with Gasteiger partial charge in [-0.2, -0.15) is 0 Å². The van der Waals surface area contributed by atoms with Crippen molar-refractivity contribution in [2.75, 3.05) is 66.5 Å². The number of nitrogens with two attached hydrogens (primary N) is 1. The lowest BCUT2D eigenvalue weighted by molar-refractivity contribution is 0.0568. The molecule has 0 aromatic carbocycles. The second-order valence-electron chi connectivity index (χ2n) is 7.81. The van der Waals surface area contributed by atoms with Crippen LogP contribution in [0.25, 0.3) is 0 Å². The molecule has 0 bridgehead atoms. The van der Waals surface area contributed by atoms with E-state index >= 15 is 0 Å². The summed E-state index contributed by atoms with van der Waals surface area (Å²) in [5.41, 5.74) is 6.58. The lowest BCUT2D eigenvalue weighted by Crippen LogP contribution is -2.52. The summed E-state index contributed by atoms with van der Waals surface area (Å²) in [6, 6.07) is 0. The summed E-state index contributed by atoms with van der Waals surface area (Å²) in [7, 11) is 4.32. The molecule has 1 heterocycles. The molecule has 4 nitrogen and oxygen atoms in total. The molecular weight excluding hydrogens is 260 g/mol. The molecule has 2 N–H and O–H groups in total. The third-order valence-electron chi connectivity index (χ3n) is 5.66. The van der Waals surface area contributed by atoms with Crippen molar-refractivity contribution < 1.29 is 0 Å². The molecule has 124 valence electrons. The predicted molar refractivity (Wildman–Crippen MR) is 90.6 cm³/mol. The highest BCUT2D eigenvalue weighted by Crippen LogP contribution is 2.38. The van der Waals surface area contributed by atoms with Crippen LogP contribution in [0.1, 0.15) is 32.6 Å². The number of piperazine rings is 1. The van der Waals surface area contributed by atoms with Crippen LogP contribution in [0.4, 0.5) is 0 Å². The third-order valence-corrected chi connectivity index (χ3v) is 5.66. The van der Waals surface area contributed by atoms with E-state index in [2.05, 4.69) is 35.7 Å². The first-order valence-corrected chi connectivity index (χ1v) is 8.82. The first-order chi connectivity index (χ1) is 10.0. The van der Waals surface area contributed by atoms with Gasteiger partial charge in [0, 0.05) is 45.8 Å². The maximum Gasteiger partial charge on any atom is 0.0110 e. The Hall–Kier alpha value is -0.160. The van der Waals surface area contributed by atoms with Gasteiger partial charge in [-0.3, -0.25) is 4.90 Å². The van der Waals surface area contributed by atoms with Crippen molar-refractivity contribution in [3.63, 3.8) is 0 Å². The van der Waals surface area contributed by atoms with Gasteiger partial charge in [0.05, 0.1) is 0 Å². The van der Waals surface area contributed by atoms with Crippen molar-refractivity contribution in [2.45, 2.75) is 32.6 Å². The van der Waals surface area contributed by atoms with Gasteiger partial charge in [-0.15, -0.1) is 0 Å². The number of likely N-dealkylation sites (N-methyl/N-ethyl adjacent to an activating group) is 1. The van der Waals surface area contributed by atoms with E-state index < -0.39 is 0 Å². The maximum atomic E-state index is 6.17. The van der Waals surface area contributed by atoms with Crippen LogP contribution in [0.3, 0.4) is 0 Å². The molecule has 2 rings (SSSR count). The van der Waals surface area contributed by atoms with Crippen LogP contribution in [-0.4, -0.2) is 81.2 Å². The van der Waals surface area contributed by atoms with E-state index in [0.29, 0.717) is 5.41 Å². The number of hydrogen-bond donors (Lipinski definition) is 1. The Morgan fingerprint density at radius 2 is 1.62 bits per heavy atom. The fourth-order valence-electron chi connectivity index (χ4n) is 3.79. The SMILES string of the molecule is CC1CCC(CN)(CN2CCN(CCN(C)C)CC2)CC1. The molecule has 1 saturated heterocycles. The van der Waals surface area contributed by atoms with Crippen LogP contribution in [0, 0.1) is 11.3 Å². The van der Waals surface area contributed by atoms with Gasteiger partial charge in [-0.05, 0) is 44.8 Å². The van der Waals surface area contributed by atoms with E-state index in [-0.39, 0.29) is 0 Å². The minimum Gasteiger partial charge on any atom is -0.330 e. The molecule has 4 heteroatoms. The van der Waals surface area contributed by atoms with E-state index in [1.165, 1.54) is 71.5 Å². The molecule has 0 radical (unpaired) electrons. The summed E-state index contributed by atoms with van der Waals surface area (Å²) in [5, 5.41) is 0. The topological polar surface area (TPSA) is 35.7 Å². The third kappa shape index (κ3) is 5.20. The first kappa shape index (κ1) is 17.2. The molecule has 2 aliphatic rings. The lowest BCUT2D eigenvalue weighted by Gasteiger charge is -2.44. The van der Waals surface area contributed by atoms with E-state index in [0.717, 1.165) is 12.5 Å². The van der Waals surface area contributed by atoms with Crippen LogP contribution in [0.2, 0.25) is 0 Å². The molecule has 0 spiro atoms. The highest BCUT2D eigenvalue weighted by molar-refractivity contribution is 4.89. The summed E-state index contributed by atoms with van der Waals surface area (Å²) in [6.07, 6.45) is 5.43. The van der Waals surface area contributed by atoms with E-state index in [1.807, 2.05) is 0 Å². The minimum atomic E-state index is 0.415. The molecule has 0 aromatic heterocycles. The van der Waals surface area contributed by atoms with Crippen molar-refractivity contribution in [1.29, 1.82) is 0 Å². The van der Waals surface area contributed by atoms with Crippen LogP contribution in [-0.2, 0) is 0 Å². The standard InChI is InChI=1S/C17H36N4/c1-16-4-6-17(14-18,7-5-16)15-21-12-10-20(11-13-21)9-8-19(2)3/h16H,4-15,18H2,1-3H3. The van der Waals surface area contributed by atoms with Gasteiger partial charge >= 0.3 is 0 Å². The van der Waals surface area contributed by atoms with Gasteiger partial charge < -0.3 is 15.5 Å². The Morgan fingerprint density at radius 3 is 2.14 bits per heavy atom. The summed E-state index contributed by atoms with van der Waals surface area (Å²) in [6.45, 7) is 11.8. The van der Waals surface area contributed by atoms with Gasteiger partial charge in [-0.1, -0.05) is 19.8 Å². The molecule has 2 fully saturated rings. The molecule has 1 aliphatic carbocycles. The molecule has 0 atom stereocenters. The van der Waals surface area contributed by atoms with Crippen molar-refractivity contribution in [3.8, 4) is 0 Å². The highest BCUT2D eigenvalue weighted by Gasteiger charge is 2.35. The van der Waals surface area contributed by atoms with Crippen LogP contribution >= 0.6 is 0 Å². The zero-order chi connectivity index (χ0) is 15.3. The quantitative estimate of drug-likeness (QED) is 0.802. The van der Waals surface area contributed by atoms with E-state index in [9.17, 15) is 0 Å². The fraction of sp³-hybridized carbons (Fsp3) is 1.00. The van der Waals surface area contributed by atoms with E-state index in [4.69, 9.17) is 5.73 Å². The van der Waals surface area contributed by atoms with Gasteiger partial charge in [0.2, 0.25) is 0 Å². The monoisotopic (exact) mass is 296 g/mol. The molecular formula is C17H36N4. The summed E-state index contributed by atoms with van der Waals surface area (Å²) in [5.74, 6) is 0.910. The fourth-order valence-corrected chi connectivity index (χ4v) is 3.79. The zero-order valence-corrected chi connectivity index (χ0v) is 14.5. The second-order valence-corrected chi connectivity index (χ2v) is 7.81. The Bertz CT molecular complexity index is 289. The van der Waals surface area contributed by atoms with Crippen molar-refractivity contribution in [2.24, 2.45) is 17.1 Å². The molecule has 21 heavy (non-hydrogen) atoms. The Kier molecular flexibility index (Phi) is 6.48. The number of hydrogen-bond acceptors (Lipinski definition) is 4. The van der Waals surface area contributed by atoms with Crippen molar-refractivity contribution in [1.82, 2.24) is 14.7 Å². The van der Waals surface area contributed by atoms with Gasteiger partial charge in [0.1, 0.15) is 0 Å². The molecule has 1 aliphatic heterocycles. The first-order valence-electron chi connectivity index (χ1n) is 8.82. The maximum absolute atomic E-state index is 6.17. The second kappa shape index (κ2) is 7.91. The largest absolute Gasteiger partial charge is 0.330 e. The van der Waals surface area contributed by atoms with Crippen LogP contribution in [0.15, 0.2) is 0 Å². The molecule has 0 aromatic rings. The van der Waals surface area contributed by atoms with Gasteiger partial charge in [0.15, 0.2) is 0 Å². The predicted octanol–water partition coefficient (Wildman–Crippen LogP) is 1.32. The lowest BCUT2D eigenvalue weighted by atomic mass is 9.70. The van der Waals surface area contributed by atoms with Gasteiger partial charge in [0.25, 0.3) is 0 Å². The van der Waals surface area contributed by atoms with E-state index in [1.54, 1.807) is 0 Å². The molecule has 1 saturated carbocycles. The Balaban J connectivity index is 1.74. The number of rotatable bonds is 6.